The van der Waals surface area contributed by atoms with Gasteiger partial charge in [-0.25, -0.2) is 0 Å². The number of ether oxygens (including phenoxy) is 1. The van der Waals surface area contributed by atoms with E-state index in [1.165, 1.54) is 0 Å². The maximum absolute atomic E-state index is 12.3. The lowest BCUT2D eigenvalue weighted by molar-refractivity contribution is -0.125. The van der Waals surface area contributed by atoms with Crippen LogP contribution < -0.4 is 15.4 Å². The molecule has 0 saturated carbocycles. The maximum Gasteiger partial charge on any atom is 0.223 e. The van der Waals surface area contributed by atoms with Crippen LogP contribution in [0.1, 0.15) is 18.4 Å². The van der Waals surface area contributed by atoms with Crippen molar-refractivity contribution in [1.82, 2.24) is 10.6 Å². The second-order valence-corrected chi connectivity index (χ2v) is 5.71. The third-order valence-electron chi connectivity index (χ3n) is 4.37. The lowest BCUT2D eigenvalue weighted by atomic mass is 9.97. The highest BCUT2D eigenvalue weighted by Gasteiger charge is 2.21. The molecule has 2 N–H and O–H groups in total. The molecule has 0 unspecified atom stereocenters. The number of hydrogen-bond donors (Lipinski definition) is 2. The van der Waals surface area contributed by atoms with Gasteiger partial charge in [-0.05, 0) is 42.8 Å². The van der Waals surface area contributed by atoms with E-state index in [-0.39, 0.29) is 11.8 Å². The minimum Gasteiger partial charge on any atom is -0.496 e. The smallest absolute Gasteiger partial charge is 0.223 e. The first-order valence-corrected chi connectivity index (χ1v) is 7.82. The van der Waals surface area contributed by atoms with Crippen molar-refractivity contribution in [2.24, 2.45) is 5.92 Å². The molecule has 1 aliphatic rings. The largest absolute Gasteiger partial charge is 0.496 e. The molecule has 2 aromatic carbocycles. The Bertz CT molecular complexity index is 663. The predicted octanol–water partition coefficient (Wildman–Crippen LogP) is 2.46. The summed E-state index contributed by atoms with van der Waals surface area (Å²) in [4.78, 5) is 12.3. The number of rotatable bonds is 4. The molecule has 1 saturated heterocycles. The Kier molecular flexibility index (Phi) is 4.59. The Morgan fingerprint density at radius 3 is 2.77 bits per heavy atom. The Morgan fingerprint density at radius 1 is 1.23 bits per heavy atom. The van der Waals surface area contributed by atoms with Crippen LogP contribution in [-0.4, -0.2) is 26.1 Å². The van der Waals surface area contributed by atoms with Crippen molar-refractivity contribution in [2.45, 2.75) is 19.4 Å². The summed E-state index contributed by atoms with van der Waals surface area (Å²) in [6.45, 7) is 2.36. The SMILES string of the molecule is COc1ccc2ccccc2c1CNC(=O)C1CCNCC1. The first kappa shape index (κ1) is 14.9. The molecule has 0 aliphatic carbocycles. The average Bonchev–Trinajstić information content (AvgIpc) is 2.60. The zero-order valence-corrected chi connectivity index (χ0v) is 12.9. The number of fused-ring (bicyclic) bond motifs is 1. The maximum atomic E-state index is 12.3. The standard InChI is InChI=1S/C18H22N2O2/c1-22-17-7-6-13-4-2-3-5-15(13)16(17)12-20-18(21)14-8-10-19-11-9-14/h2-7,14,19H,8-12H2,1H3,(H,20,21). The summed E-state index contributed by atoms with van der Waals surface area (Å²) >= 11 is 0. The van der Waals surface area contributed by atoms with Crippen molar-refractivity contribution in [1.29, 1.82) is 0 Å². The fraction of sp³-hybridized carbons (Fsp3) is 0.389. The van der Waals surface area contributed by atoms with E-state index in [0.29, 0.717) is 6.54 Å². The second-order valence-electron chi connectivity index (χ2n) is 5.71. The fourth-order valence-electron chi connectivity index (χ4n) is 3.09. The summed E-state index contributed by atoms with van der Waals surface area (Å²) in [6.07, 6.45) is 1.83. The Balaban J connectivity index is 1.79. The molecule has 0 atom stereocenters. The number of nitrogens with one attached hydrogen (secondary N) is 2. The Morgan fingerprint density at radius 2 is 2.00 bits per heavy atom. The van der Waals surface area contributed by atoms with Crippen LogP contribution in [-0.2, 0) is 11.3 Å². The quantitative estimate of drug-likeness (QED) is 0.911. The number of amides is 1. The lowest BCUT2D eigenvalue weighted by Crippen LogP contribution is -2.37. The number of hydrogen-bond acceptors (Lipinski definition) is 3. The van der Waals surface area contributed by atoms with Crippen LogP contribution >= 0.6 is 0 Å². The molecular formula is C18H22N2O2. The molecule has 1 aliphatic heterocycles. The van der Waals surface area contributed by atoms with E-state index < -0.39 is 0 Å². The topological polar surface area (TPSA) is 50.4 Å². The highest BCUT2D eigenvalue weighted by Crippen LogP contribution is 2.28. The summed E-state index contributed by atoms with van der Waals surface area (Å²) in [5.41, 5.74) is 1.04. The van der Waals surface area contributed by atoms with Gasteiger partial charge in [0.1, 0.15) is 5.75 Å². The predicted molar refractivity (Wildman–Crippen MR) is 87.9 cm³/mol. The van der Waals surface area contributed by atoms with E-state index in [4.69, 9.17) is 4.74 Å². The van der Waals surface area contributed by atoms with Gasteiger partial charge in [0.2, 0.25) is 5.91 Å². The van der Waals surface area contributed by atoms with Crippen LogP contribution in [0.5, 0.6) is 5.75 Å². The zero-order valence-electron chi connectivity index (χ0n) is 12.9. The molecule has 0 spiro atoms. The van der Waals surface area contributed by atoms with E-state index in [1.54, 1.807) is 7.11 Å². The van der Waals surface area contributed by atoms with Crippen LogP contribution in [0.3, 0.4) is 0 Å². The van der Waals surface area contributed by atoms with Crippen molar-refractivity contribution in [2.75, 3.05) is 20.2 Å². The molecule has 0 aromatic heterocycles. The van der Waals surface area contributed by atoms with Gasteiger partial charge in [-0.1, -0.05) is 30.3 Å². The Labute approximate surface area is 130 Å². The first-order valence-electron chi connectivity index (χ1n) is 7.82. The zero-order chi connectivity index (χ0) is 15.4. The van der Waals surface area contributed by atoms with Crippen molar-refractivity contribution in [3.8, 4) is 5.75 Å². The first-order chi connectivity index (χ1) is 10.8. The van der Waals surface area contributed by atoms with E-state index >= 15 is 0 Å². The van der Waals surface area contributed by atoms with Crippen LogP contribution in [0, 0.1) is 5.92 Å². The van der Waals surface area contributed by atoms with Gasteiger partial charge in [-0.15, -0.1) is 0 Å². The lowest BCUT2D eigenvalue weighted by Gasteiger charge is -2.22. The van der Waals surface area contributed by atoms with E-state index in [0.717, 1.165) is 48.0 Å². The third-order valence-corrected chi connectivity index (χ3v) is 4.37. The minimum atomic E-state index is 0.127. The number of methoxy groups -OCH3 is 1. The van der Waals surface area contributed by atoms with Gasteiger partial charge in [0, 0.05) is 18.0 Å². The van der Waals surface area contributed by atoms with Gasteiger partial charge >= 0.3 is 0 Å². The van der Waals surface area contributed by atoms with Crippen LogP contribution in [0.25, 0.3) is 10.8 Å². The molecule has 1 amide bonds. The molecule has 2 aromatic rings. The average molecular weight is 298 g/mol. The summed E-state index contributed by atoms with van der Waals surface area (Å²) in [7, 11) is 1.67. The Hall–Kier alpha value is -2.07. The van der Waals surface area contributed by atoms with Gasteiger partial charge in [0.15, 0.2) is 0 Å². The highest BCUT2D eigenvalue weighted by molar-refractivity contribution is 5.88. The van der Waals surface area contributed by atoms with Gasteiger partial charge < -0.3 is 15.4 Å². The summed E-state index contributed by atoms with van der Waals surface area (Å²) < 4.78 is 5.47. The van der Waals surface area contributed by atoms with Crippen LogP contribution in [0.15, 0.2) is 36.4 Å². The minimum absolute atomic E-state index is 0.127. The molecule has 116 valence electrons. The summed E-state index contributed by atoms with van der Waals surface area (Å²) in [6, 6.07) is 12.2. The van der Waals surface area contributed by atoms with Crippen molar-refractivity contribution < 1.29 is 9.53 Å². The molecular weight excluding hydrogens is 276 g/mol. The molecule has 4 heteroatoms. The third kappa shape index (κ3) is 3.07. The monoisotopic (exact) mass is 298 g/mol. The van der Waals surface area contributed by atoms with Crippen LogP contribution in [0.4, 0.5) is 0 Å². The van der Waals surface area contributed by atoms with Crippen molar-refractivity contribution in [3.05, 3.63) is 42.0 Å². The number of piperidine rings is 1. The highest BCUT2D eigenvalue weighted by atomic mass is 16.5. The second kappa shape index (κ2) is 6.79. The van der Waals surface area contributed by atoms with Crippen LogP contribution in [0.2, 0.25) is 0 Å². The molecule has 0 radical (unpaired) electrons. The molecule has 1 heterocycles. The molecule has 22 heavy (non-hydrogen) atoms. The molecule has 0 bridgehead atoms. The molecule has 3 rings (SSSR count). The summed E-state index contributed by atoms with van der Waals surface area (Å²) in [5.74, 6) is 1.10. The number of carbonyl (C=O) groups excluding carboxylic acids is 1. The molecule has 4 nitrogen and oxygen atoms in total. The normalized spacial score (nSPS) is 15.7. The fourth-order valence-corrected chi connectivity index (χ4v) is 3.09. The number of carbonyl (C=O) groups is 1. The van der Waals surface area contributed by atoms with Gasteiger partial charge in [0.05, 0.1) is 7.11 Å². The number of benzene rings is 2. The van der Waals surface area contributed by atoms with Gasteiger partial charge in [0.25, 0.3) is 0 Å². The van der Waals surface area contributed by atoms with Gasteiger partial charge in [-0.3, -0.25) is 4.79 Å². The van der Waals surface area contributed by atoms with Crippen molar-refractivity contribution >= 4 is 16.7 Å². The summed E-state index contributed by atoms with van der Waals surface area (Å²) in [5, 5.41) is 8.67. The van der Waals surface area contributed by atoms with E-state index in [1.807, 2.05) is 24.3 Å². The van der Waals surface area contributed by atoms with Gasteiger partial charge in [-0.2, -0.15) is 0 Å². The molecule has 1 fully saturated rings. The van der Waals surface area contributed by atoms with Crippen molar-refractivity contribution in [3.63, 3.8) is 0 Å². The van der Waals surface area contributed by atoms with E-state index in [9.17, 15) is 4.79 Å². The van der Waals surface area contributed by atoms with E-state index in [2.05, 4.69) is 22.8 Å².